The van der Waals surface area contributed by atoms with Crippen LogP contribution in [0.5, 0.6) is 5.75 Å². The third kappa shape index (κ3) is 4.34. The summed E-state index contributed by atoms with van der Waals surface area (Å²) in [7, 11) is 1.63. The highest BCUT2D eigenvalue weighted by molar-refractivity contribution is 9.10. The maximum absolute atomic E-state index is 12.2. The van der Waals surface area contributed by atoms with Gasteiger partial charge in [-0.2, -0.15) is 0 Å². The highest BCUT2D eigenvalue weighted by Gasteiger charge is 2.18. The number of methoxy groups -OCH3 is 1. The van der Waals surface area contributed by atoms with Crippen LogP contribution in [-0.2, 0) is 4.74 Å². The van der Waals surface area contributed by atoms with Gasteiger partial charge in [0, 0.05) is 4.47 Å². The van der Waals surface area contributed by atoms with Gasteiger partial charge in [0.15, 0.2) is 0 Å². The second kappa shape index (κ2) is 6.53. The van der Waals surface area contributed by atoms with E-state index in [1.807, 2.05) is 57.2 Å². The van der Waals surface area contributed by atoms with E-state index >= 15 is 0 Å². The second-order valence-electron chi connectivity index (χ2n) is 5.96. The minimum Gasteiger partial charge on any atom is -0.497 e. The van der Waals surface area contributed by atoms with Crippen LogP contribution in [-0.4, -0.2) is 18.7 Å². The lowest BCUT2D eigenvalue weighted by atomic mass is 10.0. The van der Waals surface area contributed by atoms with Gasteiger partial charge in [-0.25, -0.2) is 4.79 Å². The van der Waals surface area contributed by atoms with E-state index in [1.165, 1.54) is 0 Å². The summed E-state index contributed by atoms with van der Waals surface area (Å²) >= 11 is 3.45. The number of hydrogen-bond donors (Lipinski definition) is 0. The first-order chi connectivity index (χ1) is 10.3. The van der Waals surface area contributed by atoms with Gasteiger partial charge in [-0.05, 0) is 62.2 Å². The smallest absolute Gasteiger partial charge is 0.338 e. The van der Waals surface area contributed by atoms with Crippen LogP contribution < -0.4 is 4.74 Å². The summed E-state index contributed by atoms with van der Waals surface area (Å²) in [6, 6.07) is 13.3. The summed E-state index contributed by atoms with van der Waals surface area (Å²) < 4.78 is 11.4. The fourth-order valence-electron chi connectivity index (χ4n) is 1.99. The first-order valence-electron chi connectivity index (χ1n) is 6.97. The topological polar surface area (TPSA) is 35.5 Å². The summed E-state index contributed by atoms with van der Waals surface area (Å²) in [6.07, 6.45) is 0. The largest absolute Gasteiger partial charge is 0.497 e. The standard InChI is InChI=1S/C18H19BrO3/c1-18(2,3)22-17(20)14-9-13(10-15(19)11-14)12-5-7-16(21-4)8-6-12/h5-11H,1-4H3. The summed E-state index contributed by atoms with van der Waals surface area (Å²) in [5.74, 6) is 0.467. The van der Waals surface area contributed by atoms with E-state index in [0.29, 0.717) is 5.56 Å². The number of esters is 1. The summed E-state index contributed by atoms with van der Waals surface area (Å²) in [4.78, 5) is 12.2. The molecule has 2 aromatic rings. The molecule has 0 saturated carbocycles. The van der Waals surface area contributed by atoms with Gasteiger partial charge in [0.1, 0.15) is 11.4 Å². The van der Waals surface area contributed by atoms with Crippen molar-refractivity contribution in [2.45, 2.75) is 26.4 Å². The molecule has 0 amide bonds. The molecular formula is C18H19BrO3. The zero-order valence-electron chi connectivity index (χ0n) is 13.1. The van der Waals surface area contributed by atoms with E-state index in [9.17, 15) is 4.79 Å². The van der Waals surface area contributed by atoms with E-state index < -0.39 is 5.60 Å². The molecule has 2 rings (SSSR count). The van der Waals surface area contributed by atoms with Crippen molar-refractivity contribution in [2.24, 2.45) is 0 Å². The fourth-order valence-corrected chi connectivity index (χ4v) is 2.49. The highest BCUT2D eigenvalue weighted by atomic mass is 79.9. The molecule has 0 aliphatic heterocycles. The molecule has 2 aromatic carbocycles. The van der Waals surface area contributed by atoms with Crippen molar-refractivity contribution in [2.75, 3.05) is 7.11 Å². The third-order valence-electron chi connectivity index (χ3n) is 2.96. The van der Waals surface area contributed by atoms with Crippen LogP contribution in [0.15, 0.2) is 46.9 Å². The van der Waals surface area contributed by atoms with Gasteiger partial charge in [0.25, 0.3) is 0 Å². The second-order valence-corrected chi connectivity index (χ2v) is 6.87. The molecule has 0 aromatic heterocycles. The number of rotatable bonds is 3. The lowest BCUT2D eigenvalue weighted by molar-refractivity contribution is 0.00695. The van der Waals surface area contributed by atoms with Crippen LogP contribution in [0.3, 0.4) is 0 Å². The third-order valence-corrected chi connectivity index (χ3v) is 3.41. The first-order valence-corrected chi connectivity index (χ1v) is 7.76. The summed E-state index contributed by atoms with van der Waals surface area (Å²) in [5.41, 5.74) is 1.96. The number of hydrogen-bond acceptors (Lipinski definition) is 3. The normalized spacial score (nSPS) is 11.1. The molecule has 0 fully saturated rings. The quantitative estimate of drug-likeness (QED) is 0.714. The van der Waals surface area contributed by atoms with Crippen molar-refractivity contribution in [1.82, 2.24) is 0 Å². The van der Waals surface area contributed by atoms with Gasteiger partial charge in [-0.3, -0.25) is 0 Å². The van der Waals surface area contributed by atoms with Crippen molar-refractivity contribution < 1.29 is 14.3 Å². The maximum atomic E-state index is 12.2. The van der Waals surface area contributed by atoms with Crippen molar-refractivity contribution in [3.05, 3.63) is 52.5 Å². The molecule has 0 aliphatic rings. The zero-order valence-corrected chi connectivity index (χ0v) is 14.7. The molecule has 0 atom stereocenters. The van der Waals surface area contributed by atoms with Crippen LogP contribution in [0, 0.1) is 0 Å². The van der Waals surface area contributed by atoms with E-state index in [-0.39, 0.29) is 5.97 Å². The van der Waals surface area contributed by atoms with Crippen molar-refractivity contribution in [3.8, 4) is 16.9 Å². The Bertz CT molecular complexity index is 670. The minimum absolute atomic E-state index is 0.330. The maximum Gasteiger partial charge on any atom is 0.338 e. The van der Waals surface area contributed by atoms with Gasteiger partial charge < -0.3 is 9.47 Å². The lowest BCUT2D eigenvalue weighted by Crippen LogP contribution is -2.23. The Kier molecular flexibility index (Phi) is 4.91. The Morgan fingerprint density at radius 2 is 1.64 bits per heavy atom. The Labute approximate surface area is 139 Å². The fraction of sp³-hybridized carbons (Fsp3) is 0.278. The van der Waals surface area contributed by atoms with Gasteiger partial charge >= 0.3 is 5.97 Å². The summed E-state index contributed by atoms with van der Waals surface area (Å²) in [5, 5.41) is 0. The summed E-state index contributed by atoms with van der Waals surface area (Å²) in [6.45, 7) is 5.56. The Hall–Kier alpha value is -1.81. The number of ether oxygens (including phenoxy) is 2. The van der Waals surface area contributed by atoms with Crippen molar-refractivity contribution in [3.63, 3.8) is 0 Å². The molecule has 22 heavy (non-hydrogen) atoms. The average Bonchev–Trinajstić information content (AvgIpc) is 2.45. The van der Waals surface area contributed by atoms with Crippen LogP contribution >= 0.6 is 15.9 Å². The molecule has 3 nitrogen and oxygen atoms in total. The van der Waals surface area contributed by atoms with E-state index in [2.05, 4.69) is 15.9 Å². The predicted molar refractivity (Wildman–Crippen MR) is 91.3 cm³/mol. The van der Waals surface area contributed by atoms with Gasteiger partial charge in [0.05, 0.1) is 12.7 Å². The monoisotopic (exact) mass is 362 g/mol. The van der Waals surface area contributed by atoms with Crippen LogP contribution in [0.1, 0.15) is 31.1 Å². The van der Waals surface area contributed by atoms with E-state index in [1.54, 1.807) is 13.2 Å². The average molecular weight is 363 g/mol. The Balaban J connectivity index is 2.35. The van der Waals surface area contributed by atoms with Gasteiger partial charge in [-0.1, -0.05) is 28.1 Å². The predicted octanol–water partition coefficient (Wildman–Crippen LogP) is 5.08. The zero-order chi connectivity index (χ0) is 16.3. The molecule has 116 valence electrons. The van der Waals surface area contributed by atoms with Gasteiger partial charge in [-0.15, -0.1) is 0 Å². The van der Waals surface area contributed by atoms with Gasteiger partial charge in [0.2, 0.25) is 0 Å². The Morgan fingerprint density at radius 3 is 2.18 bits per heavy atom. The molecule has 0 radical (unpaired) electrons. The number of carbonyl (C=O) groups is 1. The molecule has 0 unspecified atom stereocenters. The molecule has 4 heteroatoms. The Morgan fingerprint density at radius 1 is 1.00 bits per heavy atom. The van der Waals surface area contributed by atoms with Crippen LogP contribution in [0.2, 0.25) is 0 Å². The lowest BCUT2D eigenvalue weighted by Gasteiger charge is -2.19. The van der Waals surface area contributed by atoms with Crippen molar-refractivity contribution >= 4 is 21.9 Å². The molecule has 0 heterocycles. The molecule has 0 aliphatic carbocycles. The molecule has 0 bridgehead atoms. The molecule has 0 N–H and O–H groups in total. The van der Waals surface area contributed by atoms with E-state index in [0.717, 1.165) is 21.3 Å². The number of benzene rings is 2. The molecule has 0 saturated heterocycles. The van der Waals surface area contributed by atoms with E-state index in [4.69, 9.17) is 9.47 Å². The SMILES string of the molecule is COc1ccc(-c2cc(Br)cc(C(=O)OC(C)(C)C)c2)cc1. The van der Waals surface area contributed by atoms with Crippen molar-refractivity contribution in [1.29, 1.82) is 0 Å². The molecular weight excluding hydrogens is 344 g/mol. The highest BCUT2D eigenvalue weighted by Crippen LogP contribution is 2.27. The van der Waals surface area contributed by atoms with Crippen LogP contribution in [0.4, 0.5) is 0 Å². The first kappa shape index (κ1) is 16.6. The minimum atomic E-state index is -0.514. The number of carbonyl (C=O) groups excluding carboxylic acids is 1. The number of halogens is 1. The van der Waals surface area contributed by atoms with Crippen LogP contribution in [0.25, 0.3) is 11.1 Å². The molecule has 0 spiro atoms.